The Labute approximate surface area is 127 Å². The summed E-state index contributed by atoms with van der Waals surface area (Å²) in [5.74, 6) is 0.839. The Hall–Kier alpha value is -1.33. The summed E-state index contributed by atoms with van der Waals surface area (Å²) >= 11 is 3.59. The average molecular weight is 339 g/mol. The Morgan fingerprint density at radius 3 is 2.75 bits per heavy atom. The fourth-order valence-corrected chi connectivity index (χ4v) is 2.75. The van der Waals surface area contributed by atoms with Crippen LogP contribution in [0.2, 0.25) is 0 Å². The molecule has 1 heterocycles. The van der Waals surface area contributed by atoms with Gasteiger partial charge in [-0.1, -0.05) is 19.1 Å². The number of benzene rings is 1. The largest absolute Gasteiger partial charge is 0.487 e. The number of methoxy groups -OCH3 is 1. The molecule has 20 heavy (non-hydrogen) atoms. The molecular weight excluding hydrogens is 320 g/mol. The van der Waals surface area contributed by atoms with Gasteiger partial charge >= 0.3 is 0 Å². The lowest BCUT2D eigenvalue weighted by atomic mass is 10.2. The van der Waals surface area contributed by atoms with Crippen LogP contribution in [-0.4, -0.2) is 16.9 Å². The van der Waals surface area contributed by atoms with Gasteiger partial charge in [0.05, 0.1) is 22.5 Å². The van der Waals surface area contributed by atoms with Crippen molar-refractivity contribution in [1.82, 2.24) is 9.78 Å². The molecular formula is C15H19BrN2O2. The fourth-order valence-electron chi connectivity index (χ4n) is 2.02. The number of hydrogen-bond donors (Lipinski definition) is 0. The van der Waals surface area contributed by atoms with Crippen LogP contribution in [0.5, 0.6) is 5.75 Å². The Kier molecular flexibility index (Phi) is 5.20. The van der Waals surface area contributed by atoms with Crippen LogP contribution in [0.25, 0.3) is 0 Å². The number of nitrogens with zero attached hydrogens (tertiary/aromatic N) is 2. The predicted octanol–water partition coefficient (Wildman–Crippen LogP) is 3.47. The van der Waals surface area contributed by atoms with Crippen LogP contribution in [-0.2, 0) is 31.4 Å². The summed E-state index contributed by atoms with van der Waals surface area (Å²) in [5.41, 5.74) is 3.20. The van der Waals surface area contributed by atoms with Crippen LogP contribution < -0.4 is 4.74 Å². The first-order valence-electron chi connectivity index (χ1n) is 6.56. The molecule has 0 unspecified atom stereocenters. The molecule has 108 valence electrons. The van der Waals surface area contributed by atoms with Crippen molar-refractivity contribution in [2.24, 2.45) is 7.05 Å². The number of rotatable bonds is 6. The molecule has 0 spiro atoms. The van der Waals surface area contributed by atoms with E-state index < -0.39 is 0 Å². The minimum atomic E-state index is 0.487. The lowest BCUT2D eigenvalue weighted by Gasteiger charge is -2.08. The van der Waals surface area contributed by atoms with E-state index in [1.54, 1.807) is 7.11 Å². The van der Waals surface area contributed by atoms with E-state index in [1.807, 2.05) is 36.0 Å². The third-order valence-corrected chi connectivity index (χ3v) is 4.00. The van der Waals surface area contributed by atoms with Crippen LogP contribution in [0, 0.1) is 0 Å². The molecule has 5 heteroatoms. The number of hydrogen-bond acceptors (Lipinski definition) is 3. The zero-order chi connectivity index (χ0) is 14.5. The van der Waals surface area contributed by atoms with Crippen molar-refractivity contribution in [3.05, 3.63) is 45.7 Å². The molecule has 0 aliphatic heterocycles. The van der Waals surface area contributed by atoms with Crippen molar-refractivity contribution < 1.29 is 9.47 Å². The summed E-state index contributed by atoms with van der Waals surface area (Å²) in [5, 5.41) is 4.46. The third kappa shape index (κ3) is 3.41. The van der Waals surface area contributed by atoms with Crippen molar-refractivity contribution >= 4 is 15.9 Å². The van der Waals surface area contributed by atoms with Crippen LogP contribution in [0.15, 0.2) is 28.7 Å². The summed E-state index contributed by atoms with van der Waals surface area (Å²) in [6.07, 6.45) is 0.901. The van der Waals surface area contributed by atoms with Crippen LogP contribution in [0.1, 0.15) is 23.9 Å². The van der Waals surface area contributed by atoms with Crippen molar-refractivity contribution in [3.63, 3.8) is 0 Å². The Morgan fingerprint density at radius 2 is 2.10 bits per heavy atom. The Balaban J connectivity index is 2.09. The Morgan fingerprint density at radius 1 is 1.30 bits per heavy atom. The molecule has 2 aromatic rings. The maximum absolute atomic E-state index is 5.85. The van der Waals surface area contributed by atoms with Gasteiger partial charge in [-0.3, -0.25) is 4.68 Å². The van der Waals surface area contributed by atoms with Crippen LogP contribution in [0.3, 0.4) is 0 Å². The second kappa shape index (κ2) is 6.90. The molecule has 2 rings (SSSR count). The van der Waals surface area contributed by atoms with Crippen molar-refractivity contribution in [2.75, 3.05) is 7.11 Å². The van der Waals surface area contributed by atoms with E-state index in [1.165, 1.54) is 0 Å². The van der Waals surface area contributed by atoms with E-state index in [0.29, 0.717) is 13.2 Å². The van der Waals surface area contributed by atoms with Crippen LogP contribution >= 0.6 is 15.9 Å². The van der Waals surface area contributed by atoms with Crippen molar-refractivity contribution in [1.29, 1.82) is 0 Å². The molecule has 0 amide bonds. The zero-order valence-corrected chi connectivity index (χ0v) is 13.6. The van der Waals surface area contributed by atoms with Gasteiger partial charge in [0.1, 0.15) is 12.4 Å². The zero-order valence-electron chi connectivity index (χ0n) is 12.0. The lowest BCUT2D eigenvalue weighted by Crippen LogP contribution is -2.04. The SMILES string of the molecule is CCc1nn(C)c(COc2cccc(COC)c2)c1Br. The molecule has 0 aliphatic rings. The fraction of sp³-hybridized carbons (Fsp3) is 0.400. The summed E-state index contributed by atoms with van der Waals surface area (Å²) in [6, 6.07) is 7.93. The first-order chi connectivity index (χ1) is 9.65. The van der Waals surface area contributed by atoms with Gasteiger partial charge in [-0.2, -0.15) is 5.10 Å². The molecule has 4 nitrogen and oxygen atoms in total. The van der Waals surface area contributed by atoms with Gasteiger partial charge in [0.2, 0.25) is 0 Å². The Bertz CT molecular complexity index is 581. The standard InChI is InChI=1S/C15H19BrN2O2/c1-4-13-15(16)14(18(2)17-13)10-20-12-7-5-6-11(8-12)9-19-3/h5-8H,4,9-10H2,1-3H3. The van der Waals surface area contributed by atoms with Crippen molar-refractivity contribution in [2.45, 2.75) is 26.6 Å². The summed E-state index contributed by atoms with van der Waals surface area (Å²) in [4.78, 5) is 0. The smallest absolute Gasteiger partial charge is 0.131 e. The molecule has 0 fully saturated rings. The molecule has 0 atom stereocenters. The summed E-state index contributed by atoms with van der Waals surface area (Å²) in [7, 11) is 3.62. The molecule has 0 bridgehead atoms. The highest BCUT2D eigenvalue weighted by Crippen LogP contribution is 2.23. The van der Waals surface area contributed by atoms with Crippen molar-refractivity contribution in [3.8, 4) is 5.75 Å². The van der Waals surface area contributed by atoms with Gasteiger partial charge in [0, 0.05) is 14.2 Å². The summed E-state index contributed by atoms with van der Waals surface area (Å²) < 4.78 is 13.9. The maximum atomic E-state index is 5.85. The van der Waals surface area contributed by atoms with Gasteiger partial charge < -0.3 is 9.47 Å². The van der Waals surface area contributed by atoms with Gasteiger partial charge in [-0.05, 0) is 40.0 Å². The molecule has 0 aliphatic carbocycles. The monoisotopic (exact) mass is 338 g/mol. The van der Waals surface area contributed by atoms with E-state index in [4.69, 9.17) is 9.47 Å². The third-order valence-electron chi connectivity index (χ3n) is 3.09. The quantitative estimate of drug-likeness (QED) is 0.809. The minimum Gasteiger partial charge on any atom is -0.487 e. The van der Waals surface area contributed by atoms with E-state index >= 15 is 0 Å². The number of aryl methyl sites for hydroxylation is 2. The minimum absolute atomic E-state index is 0.487. The first-order valence-corrected chi connectivity index (χ1v) is 7.36. The van der Waals surface area contributed by atoms with Gasteiger partial charge in [0.15, 0.2) is 0 Å². The maximum Gasteiger partial charge on any atom is 0.131 e. The first kappa shape index (κ1) is 15.1. The highest BCUT2D eigenvalue weighted by atomic mass is 79.9. The number of aromatic nitrogens is 2. The van der Waals surface area contributed by atoms with Gasteiger partial charge in [-0.25, -0.2) is 0 Å². The molecule has 0 N–H and O–H groups in total. The molecule has 0 saturated carbocycles. The van der Waals surface area contributed by atoms with E-state index in [2.05, 4.69) is 28.0 Å². The molecule has 0 saturated heterocycles. The normalized spacial score (nSPS) is 10.8. The van der Waals surface area contributed by atoms with Crippen LogP contribution in [0.4, 0.5) is 0 Å². The number of ether oxygens (including phenoxy) is 2. The van der Waals surface area contributed by atoms with Gasteiger partial charge in [0.25, 0.3) is 0 Å². The number of halogens is 1. The summed E-state index contributed by atoms with van der Waals surface area (Å²) in [6.45, 7) is 3.17. The average Bonchev–Trinajstić information content (AvgIpc) is 2.72. The molecule has 1 aromatic carbocycles. The topological polar surface area (TPSA) is 36.3 Å². The highest BCUT2D eigenvalue weighted by molar-refractivity contribution is 9.10. The van der Waals surface area contributed by atoms with E-state index in [9.17, 15) is 0 Å². The second-order valence-electron chi connectivity index (χ2n) is 4.55. The lowest BCUT2D eigenvalue weighted by molar-refractivity contribution is 0.184. The van der Waals surface area contributed by atoms with Gasteiger partial charge in [-0.15, -0.1) is 0 Å². The van der Waals surface area contributed by atoms with E-state index in [0.717, 1.165) is 33.6 Å². The highest BCUT2D eigenvalue weighted by Gasteiger charge is 2.12. The second-order valence-corrected chi connectivity index (χ2v) is 5.35. The predicted molar refractivity (Wildman–Crippen MR) is 81.8 cm³/mol. The van der Waals surface area contributed by atoms with E-state index in [-0.39, 0.29) is 0 Å². The molecule has 1 aromatic heterocycles. The molecule has 0 radical (unpaired) electrons.